The van der Waals surface area contributed by atoms with E-state index in [-0.39, 0.29) is 5.56 Å². The van der Waals surface area contributed by atoms with Crippen LogP contribution in [0.4, 0.5) is 0 Å². The van der Waals surface area contributed by atoms with Crippen molar-refractivity contribution < 1.29 is 0 Å². The first kappa shape index (κ1) is 10.2. The predicted octanol–water partition coefficient (Wildman–Crippen LogP) is 2.51. The highest BCUT2D eigenvalue weighted by molar-refractivity contribution is 7.09. The number of hydrogen-bond acceptors (Lipinski definition) is 3. The Morgan fingerprint density at radius 3 is 2.88 bits per heavy atom. The normalized spacial score (nSPS) is 10.8. The van der Waals surface area contributed by atoms with Gasteiger partial charge in [-0.25, -0.2) is 4.98 Å². The maximum absolute atomic E-state index is 12.2. The number of nitrogens with zero attached hydrogens (tertiary/aromatic N) is 2. The second-order valence-corrected chi connectivity index (χ2v) is 4.81. The van der Waals surface area contributed by atoms with Gasteiger partial charge in [0.25, 0.3) is 5.56 Å². The molecular formula is C13H10N2OS. The van der Waals surface area contributed by atoms with E-state index < -0.39 is 0 Å². The van der Waals surface area contributed by atoms with E-state index in [9.17, 15) is 4.79 Å². The number of para-hydroxylation sites is 1. The van der Waals surface area contributed by atoms with E-state index in [0.717, 1.165) is 10.4 Å². The lowest BCUT2D eigenvalue weighted by molar-refractivity contribution is 0.758. The Morgan fingerprint density at radius 2 is 2.06 bits per heavy atom. The smallest absolute Gasteiger partial charge is 0.261 e. The fourth-order valence-corrected chi connectivity index (χ4v) is 2.49. The lowest BCUT2D eigenvalue weighted by Crippen LogP contribution is -2.20. The second kappa shape index (κ2) is 4.14. The average Bonchev–Trinajstić information content (AvgIpc) is 2.86. The van der Waals surface area contributed by atoms with Crippen LogP contribution in [-0.2, 0) is 6.54 Å². The lowest BCUT2D eigenvalue weighted by Gasteiger charge is -2.04. The van der Waals surface area contributed by atoms with E-state index in [1.807, 2.05) is 41.8 Å². The molecular weight excluding hydrogens is 232 g/mol. The fourth-order valence-electron chi connectivity index (χ4n) is 1.79. The zero-order valence-electron chi connectivity index (χ0n) is 9.04. The molecule has 0 unspecified atom stereocenters. The van der Waals surface area contributed by atoms with Crippen LogP contribution in [0.1, 0.15) is 4.88 Å². The molecule has 0 saturated carbocycles. The van der Waals surface area contributed by atoms with Gasteiger partial charge in [-0.15, -0.1) is 11.3 Å². The molecule has 0 bridgehead atoms. The summed E-state index contributed by atoms with van der Waals surface area (Å²) in [5.74, 6) is 0. The minimum atomic E-state index is 0.0176. The van der Waals surface area contributed by atoms with Crippen molar-refractivity contribution >= 4 is 22.2 Å². The fraction of sp³-hybridized carbons (Fsp3) is 0.0769. The predicted molar refractivity (Wildman–Crippen MR) is 69.4 cm³/mol. The molecule has 17 heavy (non-hydrogen) atoms. The van der Waals surface area contributed by atoms with Gasteiger partial charge >= 0.3 is 0 Å². The Morgan fingerprint density at radius 1 is 1.18 bits per heavy atom. The van der Waals surface area contributed by atoms with Gasteiger partial charge in [0, 0.05) is 4.88 Å². The Kier molecular flexibility index (Phi) is 2.49. The molecule has 84 valence electrons. The van der Waals surface area contributed by atoms with Gasteiger partial charge in [0.1, 0.15) is 0 Å². The molecule has 0 aliphatic carbocycles. The molecule has 0 aliphatic rings. The Balaban J connectivity index is 2.12. The molecule has 0 atom stereocenters. The van der Waals surface area contributed by atoms with Crippen molar-refractivity contribution in [2.75, 3.05) is 0 Å². The van der Waals surface area contributed by atoms with Crippen molar-refractivity contribution in [1.29, 1.82) is 0 Å². The largest absolute Gasteiger partial charge is 0.293 e. The molecule has 0 saturated heterocycles. The summed E-state index contributed by atoms with van der Waals surface area (Å²) in [5.41, 5.74) is 0.768. The van der Waals surface area contributed by atoms with Gasteiger partial charge in [0.15, 0.2) is 0 Å². The van der Waals surface area contributed by atoms with Gasteiger partial charge in [0.2, 0.25) is 0 Å². The standard InChI is InChI=1S/C13H10N2OS/c16-13-11-5-1-2-6-12(11)14-9-15(13)8-10-4-3-7-17-10/h1-7,9H,8H2. The zero-order chi connectivity index (χ0) is 11.7. The molecule has 3 rings (SSSR count). The highest BCUT2D eigenvalue weighted by atomic mass is 32.1. The van der Waals surface area contributed by atoms with Crippen molar-refractivity contribution in [3.63, 3.8) is 0 Å². The van der Waals surface area contributed by atoms with Crippen molar-refractivity contribution in [3.8, 4) is 0 Å². The summed E-state index contributed by atoms with van der Waals surface area (Å²) in [6, 6.07) is 11.4. The molecule has 0 aliphatic heterocycles. The van der Waals surface area contributed by atoms with Gasteiger partial charge in [-0.1, -0.05) is 18.2 Å². The molecule has 3 nitrogen and oxygen atoms in total. The highest BCUT2D eigenvalue weighted by Gasteiger charge is 2.03. The molecule has 0 amide bonds. The summed E-state index contributed by atoms with van der Waals surface area (Å²) in [6.45, 7) is 0.592. The number of hydrogen-bond donors (Lipinski definition) is 0. The zero-order valence-corrected chi connectivity index (χ0v) is 9.85. The minimum absolute atomic E-state index is 0.0176. The Hall–Kier alpha value is -1.94. The minimum Gasteiger partial charge on any atom is -0.293 e. The van der Waals surface area contributed by atoms with Crippen LogP contribution in [0.15, 0.2) is 52.9 Å². The molecule has 3 aromatic rings. The first-order chi connectivity index (χ1) is 8.34. The van der Waals surface area contributed by atoms with Crippen molar-refractivity contribution in [2.45, 2.75) is 6.54 Å². The van der Waals surface area contributed by atoms with Crippen molar-refractivity contribution in [1.82, 2.24) is 9.55 Å². The van der Waals surface area contributed by atoms with Crippen LogP contribution in [0.25, 0.3) is 10.9 Å². The van der Waals surface area contributed by atoms with Gasteiger partial charge in [-0.05, 0) is 23.6 Å². The van der Waals surface area contributed by atoms with Crippen LogP contribution in [0.2, 0.25) is 0 Å². The molecule has 0 N–H and O–H groups in total. The van der Waals surface area contributed by atoms with Gasteiger partial charge < -0.3 is 0 Å². The number of aromatic nitrogens is 2. The van der Waals surface area contributed by atoms with Crippen molar-refractivity contribution in [3.05, 3.63) is 63.3 Å². The summed E-state index contributed by atoms with van der Waals surface area (Å²) < 4.78 is 1.65. The Labute approximate surface area is 102 Å². The third-order valence-corrected chi connectivity index (χ3v) is 3.50. The lowest BCUT2D eigenvalue weighted by atomic mass is 10.2. The molecule has 4 heteroatoms. The maximum atomic E-state index is 12.2. The number of rotatable bonds is 2. The second-order valence-electron chi connectivity index (χ2n) is 3.77. The monoisotopic (exact) mass is 242 g/mol. The SMILES string of the molecule is O=c1c2ccccc2ncn1Cc1cccs1. The molecule has 1 aromatic carbocycles. The molecule has 0 spiro atoms. The van der Waals surface area contributed by atoms with Crippen LogP contribution < -0.4 is 5.56 Å². The van der Waals surface area contributed by atoms with E-state index in [4.69, 9.17) is 0 Å². The third kappa shape index (κ3) is 1.87. The highest BCUT2D eigenvalue weighted by Crippen LogP contribution is 2.10. The first-order valence-corrected chi connectivity index (χ1v) is 6.19. The molecule has 0 fully saturated rings. The topological polar surface area (TPSA) is 34.9 Å². The van der Waals surface area contributed by atoms with Gasteiger partial charge in [-0.2, -0.15) is 0 Å². The van der Waals surface area contributed by atoms with E-state index >= 15 is 0 Å². The summed E-state index contributed by atoms with van der Waals surface area (Å²) in [4.78, 5) is 17.6. The Bertz CT molecular complexity index is 701. The summed E-state index contributed by atoms with van der Waals surface area (Å²) in [5, 5.41) is 2.68. The van der Waals surface area contributed by atoms with Crippen LogP contribution in [-0.4, -0.2) is 9.55 Å². The third-order valence-electron chi connectivity index (χ3n) is 2.64. The van der Waals surface area contributed by atoms with Crippen molar-refractivity contribution in [2.24, 2.45) is 0 Å². The van der Waals surface area contributed by atoms with E-state index in [2.05, 4.69) is 4.98 Å². The number of thiophene rings is 1. The maximum Gasteiger partial charge on any atom is 0.261 e. The van der Waals surface area contributed by atoms with Crippen LogP contribution >= 0.6 is 11.3 Å². The summed E-state index contributed by atoms with van der Waals surface area (Å²) in [7, 11) is 0. The first-order valence-electron chi connectivity index (χ1n) is 5.31. The molecule has 2 heterocycles. The van der Waals surface area contributed by atoms with Crippen LogP contribution in [0.3, 0.4) is 0 Å². The number of benzene rings is 1. The van der Waals surface area contributed by atoms with Crippen LogP contribution in [0.5, 0.6) is 0 Å². The van der Waals surface area contributed by atoms with Crippen LogP contribution in [0, 0.1) is 0 Å². The van der Waals surface area contributed by atoms with E-state index in [0.29, 0.717) is 11.9 Å². The average molecular weight is 242 g/mol. The van der Waals surface area contributed by atoms with Gasteiger partial charge in [0.05, 0.1) is 23.8 Å². The summed E-state index contributed by atoms with van der Waals surface area (Å²) in [6.07, 6.45) is 1.62. The number of fused-ring (bicyclic) bond motifs is 1. The molecule has 0 radical (unpaired) electrons. The van der Waals surface area contributed by atoms with E-state index in [1.54, 1.807) is 22.2 Å². The van der Waals surface area contributed by atoms with Gasteiger partial charge in [-0.3, -0.25) is 9.36 Å². The molecule has 2 aromatic heterocycles. The van der Waals surface area contributed by atoms with E-state index in [1.165, 1.54) is 0 Å². The quantitative estimate of drug-likeness (QED) is 0.692. The summed E-state index contributed by atoms with van der Waals surface area (Å²) >= 11 is 1.64.